The summed E-state index contributed by atoms with van der Waals surface area (Å²) in [5.74, 6) is 0.386. The van der Waals surface area contributed by atoms with Gasteiger partial charge in [0, 0.05) is 30.6 Å². The molecule has 1 aromatic heterocycles. The van der Waals surface area contributed by atoms with Crippen LogP contribution < -0.4 is 0 Å². The molecule has 0 radical (unpaired) electrons. The number of fused-ring (bicyclic) bond motifs is 3. The van der Waals surface area contributed by atoms with E-state index in [0.29, 0.717) is 5.92 Å². The predicted molar refractivity (Wildman–Crippen MR) is 127 cm³/mol. The third-order valence-corrected chi connectivity index (χ3v) is 6.47. The quantitative estimate of drug-likeness (QED) is 0.362. The topological polar surface area (TPSA) is 29.0 Å². The van der Waals surface area contributed by atoms with Gasteiger partial charge in [0.25, 0.3) is 0 Å². The van der Waals surface area contributed by atoms with Crippen LogP contribution in [0.15, 0.2) is 91.4 Å². The van der Waals surface area contributed by atoms with Gasteiger partial charge in [-0.25, -0.2) is 9.97 Å². The van der Waals surface area contributed by atoms with Gasteiger partial charge < -0.3 is 4.90 Å². The van der Waals surface area contributed by atoms with Gasteiger partial charge in [-0.15, -0.1) is 0 Å². The minimum atomic E-state index is 0.386. The van der Waals surface area contributed by atoms with E-state index < -0.39 is 0 Å². The fourth-order valence-electron chi connectivity index (χ4n) is 4.90. The summed E-state index contributed by atoms with van der Waals surface area (Å²) in [6.45, 7) is 2.02. The summed E-state index contributed by atoms with van der Waals surface area (Å²) in [4.78, 5) is 10.9. The van der Waals surface area contributed by atoms with Crippen molar-refractivity contribution in [2.24, 2.45) is 0 Å². The number of likely N-dealkylation sites (N-methyl/N-ethyl adjacent to an activating group) is 1. The zero-order valence-corrected chi connectivity index (χ0v) is 17.5. The lowest BCUT2D eigenvalue weighted by Crippen LogP contribution is -2.31. The number of benzene rings is 4. The first kappa shape index (κ1) is 18.2. The third-order valence-electron chi connectivity index (χ3n) is 6.47. The van der Waals surface area contributed by atoms with Crippen LogP contribution >= 0.6 is 0 Å². The first-order chi connectivity index (χ1) is 15.2. The van der Waals surface area contributed by atoms with Crippen LogP contribution in [0.3, 0.4) is 0 Å². The largest absolute Gasteiger partial charge is 0.301 e. The van der Waals surface area contributed by atoms with Crippen LogP contribution in [0.2, 0.25) is 0 Å². The molecule has 0 bridgehead atoms. The second kappa shape index (κ2) is 7.29. The van der Waals surface area contributed by atoms with Gasteiger partial charge in [-0.1, -0.05) is 60.7 Å². The van der Waals surface area contributed by atoms with Crippen molar-refractivity contribution in [3.05, 3.63) is 108 Å². The average molecular weight is 402 g/mol. The molecule has 0 fully saturated rings. The molecule has 1 unspecified atom stereocenters. The second-order valence-electron chi connectivity index (χ2n) is 8.57. The Bertz CT molecular complexity index is 1420. The molecule has 0 aliphatic carbocycles. The highest BCUT2D eigenvalue weighted by atomic mass is 15.1. The number of aromatic nitrogens is 2. The van der Waals surface area contributed by atoms with Crippen LogP contribution in [0.5, 0.6) is 0 Å². The van der Waals surface area contributed by atoms with E-state index in [1.165, 1.54) is 38.6 Å². The highest BCUT2D eigenvalue weighted by Crippen LogP contribution is 2.36. The summed E-state index contributed by atoms with van der Waals surface area (Å²) in [5.41, 5.74) is 7.68. The van der Waals surface area contributed by atoms with Crippen molar-refractivity contribution in [1.29, 1.82) is 0 Å². The molecule has 0 saturated carbocycles. The summed E-state index contributed by atoms with van der Waals surface area (Å²) < 4.78 is 0. The maximum Gasteiger partial charge on any atom is 0.116 e. The molecule has 6 rings (SSSR count). The fourth-order valence-corrected chi connectivity index (χ4v) is 4.90. The normalized spacial score (nSPS) is 16.5. The SMILES string of the molecule is CN1Cc2cc(-c3ccc4ncncc4c3)ccc2C(c2ccc3ccccc3c2)C1. The zero-order valence-electron chi connectivity index (χ0n) is 17.5. The highest BCUT2D eigenvalue weighted by molar-refractivity contribution is 5.84. The highest BCUT2D eigenvalue weighted by Gasteiger charge is 2.25. The molecule has 3 heteroatoms. The van der Waals surface area contributed by atoms with Crippen LogP contribution in [0.1, 0.15) is 22.6 Å². The lowest BCUT2D eigenvalue weighted by Gasteiger charge is -2.33. The van der Waals surface area contributed by atoms with Crippen molar-refractivity contribution in [1.82, 2.24) is 14.9 Å². The molecule has 1 atom stereocenters. The van der Waals surface area contributed by atoms with E-state index in [1.54, 1.807) is 6.33 Å². The standard InChI is InChI=1S/C28H23N3/c1-31-16-25-14-21(22-9-11-28-24(13-22)15-29-18-30-28)8-10-26(25)27(17-31)23-7-6-19-4-2-3-5-20(19)12-23/h2-15,18,27H,16-17H2,1H3. The molecule has 1 aliphatic rings. The van der Waals surface area contributed by atoms with E-state index in [2.05, 4.69) is 101 Å². The molecule has 150 valence electrons. The van der Waals surface area contributed by atoms with E-state index in [4.69, 9.17) is 0 Å². The van der Waals surface area contributed by atoms with Gasteiger partial charge in [0.15, 0.2) is 0 Å². The van der Waals surface area contributed by atoms with E-state index in [-0.39, 0.29) is 0 Å². The maximum absolute atomic E-state index is 4.34. The zero-order chi connectivity index (χ0) is 20.8. The van der Waals surface area contributed by atoms with Crippen LogP contribution in [-0.4, -0.2) is 28.5 Å². The number of hydrogen-bond acceptors (Lipinski definition) is 3. The van der Waals surface area contributed by atoms with Gasteiger partial charge in [0.1, 0.15) is 6.33 Å². The Hall–Kier alpha value is -3.56. The number of rotatable bonds is 2. The molecule has 0 saturated heterocycles. The average Bonchev–Trinajstić information content (AvgIpc) is 2.82. The minimum Gasteiger partial charge on any atom is -0.301 e. The molecule has 0 spiro atoms. The van der Waals surface area contributed by atoms with Crippen molar-refractivity contribution in [2.75, 3.05) is 13.6 Å². The Morgan fingerprint density at radius 3 is 2.58 bits per heavy atom. The summed E-state index contributed by atoms with van der Waals surface area (Å²) in [6, 6.07) is 28.9. The van der Waals surface area contributed by atoms with Crippen LogP contribution in [-0.2, 0) is 6.54 Å². The smallest absolute Gasteiger partial charge is 0.116 e. The third kappa shape index (κ3) is 3.28. The van der Waals surface area contributed by atoms with E-state index >= 15 is 0 Å². The summed E-state index contributed by atoms with van der Waals surface area (Å²) in [6.07, 6.45) is 3.48. The Balaban J connectivity index is 1.42. The number of hydrogen-bond donors (Lipinski definition) is 0. The summed E-state index contributed by atoms with van der Waals surface area (Å²) in [5, 5.41) is 3.68. The summed E-state index contributed by atoms with van der Waals surface area (Å²) >= 11 is 0. The molecule has 0 N–H and O–H groups in total. The van der Waals surface area contributed by atoms with Crippen molar-refractivity contribution in [3.8, 4) is 11.1 Å². The van der Waals surface area contributed by atoms with Crippen molar-refractivity contribution < 1.29 is 0 Å². The molecule has 0 amide bonds. The molecule has 4 aromatic carbocycles. The van der Waals surface area contributed by atoms with Gasteiger partial charge in [0.2, 0.25) is 0 Å². The number of nitrogens with zero attached hydrogens (tertiary/aromatic N) is 3. The monoisotopic (exact) mass is 401 g/mol. The molecule has 31 heavy (non-hydrogen) atoms. The van der Waals surface area contributed by atoms with E-state index in [0.717, 1.165) is 24.0 Å². The molecule has 5 aromatic rings. The summed E-state index contributed by atoms with van der Waals surface area (Å²) in [7, 11) is 2.22. The molecule has 1 aliphatic heterocycles. The Labute approximate surface area is 182 Å². The van der Waals surface area contributed by atoms with Gasteiger partial charge in [-0.05, 0) is 63.8 Å². The van der Waals surface area contributed by atoms with Gasteiger partial charge >= 0.3 is 0 Å². The Morgan fingerprint density at radius 1 is 0.806 bits per heavy atom. The van der Waals surface area contributed by atoms with Crippen LogP contribution in [0.4, 0.5) is 0 Å². The van der Waals surface area contributed by atoms with Crippen molar-refractivity contribution in [3.63, 3.8) is 0 Å². The van der Waals surface area contributed by atoms with Gasteiger partial charge in [-0.2, -0.15) is 0 Å². The van der Waals surface area contributed by atoms with Gasteiger partial charge in [0.05, 0.1) is 5.52 Å². The maximum atomic E-state index is 4.34. The first-order valence-electron chi connectivity index (χ1n) is 10.7. The lowest BCUT2D eigenvalue weighted by atomic mass is 9.83. The predicted octanol–water partition coefficient (Wildman–Crippen LogP) is 6.03. The van der Waals surface area contributed by atoms with Crippen molar-refractivity contribution >= 4 is 21.7 Å². The molecule has 2 heterocycles. The van der Waals surface area contributed by atoms with Crippen LogP contribution in [0.25, 0.3) is 32.8 Å². The molecular formula is C28H23N3. The first-order valence-corrected chi connectivity index (χ1v) is 10.7. The van der Waals surface area contributed by atoms with Gasteiger partial charge in [-0.3, -0.25) is 0 Å². The van der Waals surface area contributed by atoms with Crippen molar-refractivity contribution in [2.45, 2.75) is 12.5 Å². The van der Waals surface area contributed by atoms with E-state index in [9.17, 15) is 0 Å². The molecular weight excluding hydrogens is 378 g/mol. The lowest BCUT2D eigenvalue weighted by molar-refractivity contribution is 0.295. The Kier molecular flexibility index (Phi) is 4.29. The minimum absolute atomic E-state index is 0.386. The Morgan fingerprint density at radius 2 is 1.65 bits per heavy atom. The van der Waals surface area contributed by atoms with E-state index in [1.807, 2.05) is 6.20 Å². The van der Waals surface area contributed by atoms with Crippen LogP contribution in [0, 0.1) is 0 Å². The fraction of sp³-hybridized carbons (Fsp3) is 0.143. The molecule has 3 nitrogen and oxygen atoms in total. The second-order valence-corrected chi connectivity index (χ2v) is 8.57.